The van der Waals surface area contributed by atoms with Gasteiger partial charge in [0.1, 0.15) is 0 Å². The molecule has 0 atom stereocenters. The van der Waals surface area contributed by atoms with E-state index in [1.807, 2.05) is 17.0 Å². The summed E-state index contributed by atoms with van der Waals surface area (Å²) in [6, 6.07) is 8.23. The van der Waals surface area contributed by atoms with Crippen LogP contribution in [0.1, 0.15) is 5.56 Å². The van der Waals surface area contributed by atoms with Gasteiger partial charge < -0.3 is 10.3 Å². The molecule has 0 unspecified atom stereocenters. The molecule has 1 heterocycles. The Labute approximate surface area is 82.5 Å². The minimum absolute atomic E-state index is 0.588. The first-order chi connectivity index (χ1) is 6.33. The standard InChI is InChI=1S/C9H11N3S/c10-11-9(13)12-6-5-7-3-1-2-4-8(7)12/h1-4H,5-6,10H2,(H,11,13). The summed E-state index contributed by atoms with van der Waals surface area (Å²) in [7, 11) is 0. The lowest BCUT2D eigenvalue weighted by Gasteiger charge is -2.18. The highest BCUT2D eigenvalue weighted by Crippen LogP contribution is 2.26. The number of nitrogens with zero attached hydrogens (tertiary/aromatic N) is 1. The topological polar surface area (TPSA) is 41.3 Å². The Balaban J connectivity index is 2.33. The van der Waals surface area contributed by atoms with E-state index in [1.165, 1.54) is 11.3 Å². The monoisotopic (exact) mass is 193 g/mol. The highest BCUT2D eigenvalue weighted by molar-refractivity contribution is 7.80. The molecule has 1 aromatic carbocycles. The number of nitrogens with one attached hydrogen (secondary N) is 1. The molecule has 68 valence electrons. The van der Waals surface area contributed by atoms with Crippen molar-refractivity contribution in [2.75, 3.05) is 11.4 Å². The molecule has 0 saturated carbocycles. The minimum Gasteiger partial charge on any atom is -0.317 e. The number of fused-ring (bicyclic) bond motifs is 1. The third-order valence-electron chi connectivity index (χ3n) is 2.26. The number of thiocarbonyl (C=S) groups is 1. The van der Waals surface area contributed by atoms with Crippen molar-refractivity contribution >= 4 is 23.0 Å². The summed E-state index contributed by atoms with van der Waals surface area (Å²) in [4.78, 5) is 2.02. The van der Waals surface area contributed by atoms with Crippen LogP contribution in [0, 0.1) is 0 Å². The zero-order valence-corrected chi connectivity index (χ0v) is 7.97. The Morgan fingerprint density at radius 2 is 2.23 bits per heavy atom. The van der Waals surface area contributed by atoms with Crippen molar-refractivity contribution in [3.8, 4) is 0 Å². The molecule has 3 nitrogen and oxygen atoms in total. The predicted molar refractivity (Wildman–Crippen MR) is 57.4 cm³/mol. The summed E-state index contributed by atoms with van der Waals surface area (Å²) in [6.07, 6.45) is 1.04. The Hall–Kier alpha value is -1.13. The normalized spacial score (nSPS) is 14.1. The first-order valence-corrected chi connectivity index (χ1v) is 4.60. The number of anilines is 1. The van der Waals surface area contributed by atoms with Gasteiger partial charge in [-0.05, 0) is 30.3 Å². The summed E-state index contributed by atoms with van der Waals surface area (Å²) >= 11 is 5.08. The van der Waals surface area contributed by atoms with Crippen molar-refractivity contribution in [1.82, 2.24) is 5.43 Å². The zero-order chi connectivity index (χ0) is 9.26. The van der Waals surface area contributed by atoms with Crippen molar-refractivity contribution in [3.63, 3.8) is 0 Å². The van der Waals surface area contributed by atoms with Crippen LogP contribution in [0.4, 0.5) is 5.69 Å². The van der Waals surface area contributed by atoms with E-state index >= 15 is 0 Å². The van der Waals surface area contributed by atoms with Crippen LogP contribution in [0.15, 0.2) is 24.3 Å². The van der Waals surface area contributed by atoms with E-state index < -0.39 is 0 Å². The van der Waals surface area contributed by atoms with E-state index in [9.17, 15) is 0 Å². The maximum absolute atomic E-state index is 5.28. The van der Waals surface area contributed by atoms with Crippen molar-refractivity contribution in [2.24, 2.45) is 5.84 Å². The Kier molecular flexibility index (Phi) is 2.16. The molecule has 0 aliphatic carbocycles. The predicted octanol–water partition coefficient (Wildman–Crippen LogP) is 0.797. The molecule has 1 aromatic rings. The summed E-state index contributed by atoms with van der Waals surface area (Å²) in [5.74, 6) is 5.28. The summed E-state index contributed by atoms with van der Waals surface area (Å²) in [5.41, 5.74) is 5.01. The average Bonchev–Trinajstić information content (AvgIpc) is 2.60. The van der Waals surface area contributed by atoms with E-state index in [0.717, 1.165) is 13.0 Å². The molecule has 0 amide bonds. The molecule has 3 N–H and O–H groups in total. The van der Waals surface area contributed by atoms with Crippen molar-refractivity contribution in [3.05, 3.63) is 29.8 Å². The molecule has 1 aliphatic heterocycles. The second-order valence-electron chi connectivity index (χ2n) is 2.98. The molecule has 4 heteroatoms. The third kappa shape index (κ3) is 1.38. The number of nitrogens with two attached hydrogens (primary N) is 1. The highest BCUT2D eigenvalue weighted by atomic mass is 32.1. The first-order valence-electron chi connectivity index (χ1n) is 4.19. The number of para-hydroxylation sites is 1. The third-order valence-corrected chi connectivity index (χ3v) is 2.59. The lowest BCUT2D eigenvalue weighted by atomic mass is 10.2. The molecule has 0 fully saturated rings. The van der Waals surface area contributed by atoms with Gasteiger partial charge in [-0.25, -0.2) is 5.84 Å². The van der Waals surface area contributed by atoms with Gasteiger partial charge in [0.2, 0.25) is 0 Å². The van der Waals surface area contributed by atoms with E-state index in [1.54, 1.807) is 0 Å². The SMILES string of the molecule is NNC(=S)N1CCc2ccccc21. The number of hydrazine groups is 1. The Morgan fingerprint density at radius 3 is 3.00 bits per heavy atom. The summed E-state index contributed by atoms with van der Waals surface area (Å²) in [6.45, 7) is 0.919. The van der Waals surface area contributed by atoms with Gasteiger partial charge in [-0.2, -0.15) is 0 Å². The van der Waals surface area contributed by atoms with E-state index in [-0.39, 0.29) is 0 Å². The van der Waals surface area contributed by atoms with Gasteiger partial charge in [0.15, 0.2) is 5.11 Å². The van der Waals surface area contributed by atoms with Crippen LogP contribution in [0.2, 0.25) is 0 Å². The molecule has 0 spiro atoms. The number of benzene rings is 1. The fourth-order valence-electron chi connectivity index (χ4n) is 1.63. The molecule has 1 aliphatic rings. The average molecular weight is 193 g/mol. The quantitative estimate of drug-likeness (QED) is 0.363. The van der Waals surface area contributed by atoms with Crippen molar-refractivity contribution < 1.29 is 0 Å². The van der Waals surface area contributed by atoms with E-state index in [0.29, 0.717) is 5.11 Å². The van der Waals surface area contributed by atoms with Gasteiger partial charge in [0.25, 0.3) is 0 Å². The molecular formula is C9H11N3S. The van der Waals surface area contributed by atoms with Crippen LogP contribution in [0.3, 0.4) is 0 Å². The van der Waals surface area contributed by atoms with Gasteiger partial charge in [-0.1, -0.05) is 18.2 Å². The van der Waals surface area contributed by atoms with Crippen LogP contribution < -0.4 is 16.2 Å². The maximum atomic E-state index is 5.28. The number of hydrogen-bond acceptors (Lipinski definition) is 2. The summed E-state index contributed by atoms with van der Waals surface area (Å²) < 4.78 is 0. The molecule has 0 bridgehead atoms. The zero-order valence-electron chi connectivity index (χ0n) is 7.16. The van der Waals surface area contributed by atoms with E-state index in [4.69, 9.17) is 18.1 Å². The lowest BCUT2D eigenvalue weighted by Crippen LogP contribution is -2.42. The second-order valence-corrected chi connectivity index (χ2v) is 3.37. The number of hydrogen-bond donors (Lipinski definition) is 2. The maximum Gasteiger partial charge on any atom is 0.187 e. The number of rotatable bonds is 0. The van der Waals surface area contributed by atoms with Crippen LogP contribution in [0.25, 0.3) is 0 Å². The van der Waals surface area contributed by atoms with Crippen molar-refractivity contribution in [1.29, 1.82) is 0 Å². The van der Waals surface area contributed by atoms with Crippen molar-refractivity contribution in [2.45, 2.75) is 6.42 Å². The molecule has 2 rings (SSSR count). The van der Waals surface area contributed by atoms with Gasteiger partial charge in [-0.3, -0.25) is 0 Å². The molecule has 0 saturated heterocycles. The molecular weight excluding hydrogens is 182 g/mol. The first kappa shape index (κ1) is 8.47. The fraction of sp³-hybridized carbons (Fsp3) is 0.222. The highest BCUT2D eigenvalue weighted by Gasteiger charge is 2.20. The fourth-order valence-corrected chi connectivity index (χ4v) is 1.82. The largest absolute Gasteiger partial charge is 0.317 e. The molecule has 0 aromatic heterocycles. The van der Waals surface area contributed by atoms with Crippen LogP contribution in [-0.4, -0.2) is 11.7 Å². The Morgan fingerprint density at radius 1 is 1.46 bits per heavy atom. The lowest BCUT2D eigenvalue weighted by molar-refractivity contribution is 0.954. The molecule has 0 radical (unpaired) electrons. The van der Waals surface area contributed by atoms with Gasteiger partial charge >= 0.3 is 0 Å². The smallest absolute Gasteiger partial charge is 0.187 e. The van der Waals surface area contributed by atoms with Crippen LogP contribution in [0.5, 0.6) is 0 Å². The molecule has 13 heavy (non-hydrogen) atoms. The second kappa shape index (κ2) is 3.32. The summed E-state index contributed by atoms with van der Waals surface area (Å²) in [5, 5.41) is 0.588. The van der Waals surface area contributed by atoms with Gasteiger partial charge in [-0.15, -0.1) is 0 Å². The van der Waals surface area contributed by atoms with E-state index in [2.05, 4.69) is 17.6 Å². The van der Waals surface area contributed by atoms with Crippen LogP contribution >= 0.6 is 12.2 Å². The van der Waals surface area contributed by atoms with Gasteiger partial charge in [0.05, 0.1) is 0 Å². The Bertz CT molecular complexity index is 337. The van der Waals surface area contributed by atoms with Gasteiger partial charge in [0, 0.05) is 12.2 Å². The van der Waals surface area contributed by atoms with Crippen LogP contribution in [-0.2, 0) is 6.42 Å². The minimum atomic E-state index is 0.588.